The van der Waals surface area contributed by atoms with Gasteiger partial charge in [0, 0.05) is 45.2 Å². The molecule has 4 aromatic rings. The van der Waals surface area contributed by atoms with Crippen LogP contribution in [0.3, 0.4) is 0 Å². The van der Waals surface area contributed by atoms with Gasteiger partial charge >= 0.3 is 12.2 Å². The molecular weight excluding hydrogens is 569 g/mol. The lowest BCUT2D eigenvalue weighted by molar-refractivity contribution is -0.137. The van der Waals surface area contributed by atoms with E-state index in [-0.39, 0.29) is 16.3 Å². The van der Waals surface area contributed by atoms with E-state index in [1.54, 1.807) is 13.0 Å². The number of nitrogens with zero attached hydrogens (tertiary/aromatic N) is 2. The number of aromatic amines is 1. The smallest absolute Gasteiger partial charge is 0.348 e. The molecule has 0 spiro atoms. The number of H-pyrrole nitrogens is 1. The minimum Gasteiger partial charge on any atom is -0.348 e. The van der Waals surface area contributed by atoms with Crippen LogP contribution in [0.2, 0.25) is 5.02 Å². The second kappa shape index (κ2) is 9.58. The molecule has 0 fully saturated rings. The summed E-state index contributed by atoms with van der Waals surface area (Å²) in [5, 5.41) is 5.56. The second-order valence-electron chi connectivity index (χ2n) is 9.72. The van der Waals surface area contributed by atoms with E-state index in [1.807, 2.05) is 0 Å². The van der Waals surface area contributed by atoms with Crippen LogP contribution in [-0.2, 0) is 12.6 Å². The molecule has 3 aromatic carbocycles. The van der Waals surface area contributed by atoms with Crippen LogP contribution >= 0.6 is 11.6 Å². The van der Waals surface area contributed by atoms with Crippen LogP contribution in [0, 0.1) is 18.6 Å². The first-order valence-electron chi connectivity index (χ1n) is 12.3. The molecule has 3 heterocycles. The summed E-state index contributed by atoms with van der Waals surface area (Å²) in [6.45, 7) is 2.08. The minimum absolute atomic E-state index is 0.0983. The number of halogens is 6. The summed E-state index contributed by atoms with van der Waals surface area (Å²) in [4.78, 5) is 35.4. The Hall–Kier alpha value is -4.45. The highest BCUT2D eigenvalue weighted by Gasteiger charge is 2.41. The summed E-state index contributed by atoms with van der Waals surface area (Å²) in [5.74, 6) is -2.89. The molecule has 3 N–H and O–H groups in total. The number of anilines is 2. The summed E-state index contributed by atoms with van der Waals surface area (Å²) < 4.78 is 68.6. The number of aromatic nitrogens is 2. The van der Waals surface area contributed by atoms with Crippen LogP contribution < -0.4 is 15.5 Å². The fourth-order valence-electron chi connectivity index (χ4n) is 5.39. The zero-order chi connectivity index (χ0) is 29.2. The number of nitrogens with one attached hydrogen (secondary N) is 3. The van der Waals surface area contributed by atoms with Gasteiger partial charge < -0.3 is 15.6 Å². The number of amides is 3. The number of hydrogen-bond donors (Lipinski definition) is 3. The Balaban J connectivity index is 1.57. The normalized spacial score (nSPS) is 16.0. The third-order valence-electron chi connectivity index (χ3n) is 7.19. The lowest BCUT2D eigenvalue weighted by Gasteiger charge is -2.35. The first-order valence-corrected chi connectivity index (χ1v) is 12.7. The Morgan fingerprint density at radius 1 is 1.12 bits per heavy atom. The molecule has 6 rings (SSSR count). The average molecular weight is 588 g/mol. The summed E-state index contributed by atoms with van der Waals surface area (Å²) in [6, 6.07) is 5.26. The summed E-state index contributed by atoms with van der Waals surface area (Å²) in [6.07, 6.45) is -2.96. The van der Waals surface area contributed by atoms with Crippen molar-refractivity contribution in [3.05, 3.63) is 99.0 Å². The molecule has 3 amide bonds. The summed E-state index contributed by atoms with van der Waals surface area (Å²) in [7, 11) is 0. The van der Waals surface area contributed by atoms with E-state index in [1.165, 1.54) is 17.3 Å². The van der Waals surface area contributed by atoms with Crippen molar-refractivity contribution >= 4 is 34.9 Å². The molecule has 2 aliphatic heterocycles. The monoisotopic (exact) mass is 587 g/mol. The van der Waals surface area contributed by atoms with E-state index >= 15 is 0 Å². The second-order valence-corrected chi connectivity index (χ2v) is 10.1. The fraction of sp³-hybridized carbons (Fsp3) is 0.179. The molecule has 13 heteroatoms. The zero-order valence-corrected chi connectivity index (χ0v) is 21.8. The number of benzene rings is 3. The molecule has 0 aliphatic carbocycles. The minimum atomic E-state index is -4.88. The highest BCUT2D eigenvalue weighted by molar-refractivity contribution is 6.31. The Kier molecular flexibility index (Phi) is 6.25. The number of hydrogen-bond acceptors (Lipinski definition) is 3. The highest BCUT2D eigenvalue weighted by Crippen LogP contribution is 2.50. The third-order valence-corrected chi connectivity index (χ3v) is 7.54. The maximum atomic E-state index is 14.4. The van der Waals surface area contributed by atoms with E-state index in [9.17, 15) is 31.5 Å². The average Bonchev–Trinajstić information content (AvgIpc) is 3.54. The largest absolute Gasteiger partial charge is 0.416 e. The van der Waals surface area contributed by atoms with E-state index in [4.69, 9.17) is 11.6 Å². The van der Waals surface area contributed by atoms with Gasteiger partial charge in [-0.3, -0.25) is 9.69 Å². The van der Waals surface area contributed by atoms with Crippen molar-refractivity contribution in [1.82, 2.24) is 15.3 Å². The third kappa shape index (κ3) is 4.57. The van der Waals surface area contributed by atoms with Gasteiger partial charge in [-0.05, 0) is 61.4 Å². The van der Waals surface area contributed by atoms with Gasteiger partial charge in [-0.25, -0.2) is 18.6 Å². The molecule has 0 saturated heterocycles. The quantitative estimate of drug-likeness (QED) is 0.230. The molecule has 210 valence electrons. The van der Waals surface area contributed by atoms with Crippen LogP contribution in [0.1, 0.15) is 44.3 Å². The molecule has 0 saturated carbocycles. The van der Waals surface area contributed by atoms with Crippen molar-refractivity contribution in [2.24, 2.45) is 0 Å². The van der Waals surface area contributed by atoms with Gasteiger partial charge in [0.15, 0.2) is 0 Å². The van der Waals surface area contributed by atoms with Crippen LogP contribution in [0.15, 0.2) is 48.8 Å². The first kappa shape index (κ1) is 26.8. The zero-order valence-electron chi connectivity index (χ0n) is 21.1. The lowest BCUT2D eigenvalue weighted by atomic mass is 9.88. The van der Waals surface area contributed by atoms with Crippen molar-refractivity contribution < 1.29 is 31.5 Å². The Morgan fingerprint density at radius 2 is 1.90 bits per heavy atom. The van der Waals surface area contributed by atoms with Gasteiger partial charge in [0.2, 0.25) is 0 Å². The fourth-order valence-corrected chi connectivity index (χ4v) is 5.61. The molecule has 0 radical (unpaired) electrons. The summed E-state index contributed by atoms with van der Waals surface area (Å²) >= 11 is 6.42. The van der Waals surface area contributed by atoms with Gasteiger partial charge in [-0.15, -0.1) is 0 Å². The van der Waals surface area contributed by atoms with E-state index in [0.29, 0.717) is 59.4 Å². The van der Waals surface area contributed by atoms with Gasteiger partial charge in [0.05, 0.1) is 29.3 Å². The SMILES string of the molecule is Cc1[nH]cnc1-c1cc(NC(=O)c2cc(F)cc(C(F)(F)F)c2)c2c3c1CCN3C(=O)NC2c1cc(F)ccc1Cl. The van der Waals surface area contributed by atoms with Gasteiger partial charge in [-0.1, -0.05) is 11.6 Å². The van der Waals surface area contributed by atoms with E-state index in [0.717, 1.165) is 17.7 Å². The van der Waals surface area contributed by atoms with Crippen molar-refractivity contribution in [3.63, 3.8) is 0 Å². The van der Waals surface area contributed by atoms with Crippen LogP contribution in [0.4, 0.5) is 38.1 Å². The van der Waals surface area contributed by atoms with Crippen LogP contribution in [0.25, 0.3) is 11.3 Å². The first-order chi connectivity index (χ1) is 19.4. The van der Waals surface area contributed by atoms with Crippen molar-refractivity contribution in [2.75, 3.05) is 16.8 Å². The molecule has 2 aliphatic rings. The van der Waals surface area contributed by atoms with Gasteiger partial charge in [0.25, 0.3) is 5.91 Å². The molecular formula is C28H19ClF5N5O2. The maximum Gasteiger partial charge on any atom is 0.416 e. The number of carbonyl (C=O) groups is 2. The molecule has 7 nitrogen and oxygen atoms in total. The van der Waals surface area contributed by atoms with Crippen LogP contribution in [-0.4, -0.2) is 28.5 Å². The van der Waals surface area contributed by atoms with E-state index < -0.39 is 46.9 Å². The predicted octanol–water partition coefficient (Wildman–Crippen LogP) is 6.76. The van der Waals surface area contributed by atoms with Gasteiger partial charge in [-0.2, -0.15) is 13.2 Å². The molecule has 1 aromatic heterocycles. The Bertz CT molecular complexity index is 1750. The number of carbonyl (C=O) groups excluding carboxylic acids is 2. The molecule has 0 bridgehead atoms. The summed E-state index contributed by atoms with van der Waals surface area (Å²) in [5.41, 5.74) is 1.76. The Morgan fingerprint density at radius 3 is 2.61 bits per heavy atom. The topological polar surface area (TPSA) is 90.1 Å². The maximum absolute atomic E-state index is 14.4. The number of imidazole rings is 1. The van der Waals surface area contributed by atoms with Crippen molar-refractivity contribution in [2.45, 2.75) is 25.6 Å². The van der Waals surface area contributed by atoms with Crippen molar-refractivity contribution in [1.29, 1.82) is 0 Å². The highest BCUT2D eigenvalue weighted by atomic mass is 35.5. The van der Waals surface area contributed by atoms with E-state index in [2.05, 4.69) is 20.6 Å². The Labute approximate surface area is 234 Å². The lowest BCUT2D eigenvalue weighted by Crippen LogP contribution is -2.46. The van der Waals surface area contributed by atoms with Gasteiger partial charge in [0.1, 0.15) is 11.6 Å². The predicted molar refractivity (Wildman–Crippen MR) is 141 cm³/mol. The number of rotatable bonds is 4. The number of urea groups is 1. The molecule has 41 heavy (non-hydrogen) atoms. The van der Waals surface area contributed by atoms with Crippen LogP contribution in [0.5, 0.6) is 0 Å². The molecule has 1 unspecified atom stereocenters. The molecule has 1 atom stereocenters. The number of alkyl halides is 3. The number of aryl methyl sites for hydroxylation is 1. The van der Waals surface area contributed by atoms with Crippen molar-refractivity contribution in [3.8, 4) is 11.3 Å². The standard InChI is InChI=1S/C28H19ClF5N5O2/c1-12-23(36-11-35-12)18-10-21(37-26(40)13-6-14(28(32,33)34)8-16(31)7-13)22-24(19-9-15(30)2-3-20(19)29)38-27(41)39-5-4-17(18)25(22)39/h2-3,6-11,24H,4-5H2,1H3,(H,35,36)(H,37,40)(H,38,41).